The summed E-state index contributed by atoms with van der Waals surface area (Å²) in [5.74, 6) is -0.986. The fourth-order valence-electron chi connectivity index (χ4n) is 1.14. The topological polar surface area (TPSA) is 104 Å². The maximum absolute atomic E-state index is 11.0. The molecule has 0 aliphatic heterocycles. The van der Waals surface area contributed by atoms with Crippen molar-refractivity contribution in [3.05, 3.63) is 11.4 Å². The normalized spacial score (nSPS) is 10.0. The largest absolute Gasteiger partial charge is 0.395 e. The summed E-state index contributed by atoms with van der Waals surface area (Å²) in [7, 11) is 1.53. The molecular formula is C7H10N4O2. The first-order valence-electron chi connectivity index (χ1n) is 3.58. The van der Waals surface area contributed by atoms with Crippen LogP contribution < -0.4 is 11.5 Å². The standard InChI is InChI=1S/C7H10N4O2/c1-3(12)6-4(8)5(7(9)13)10-11(6)2/h8H2,1-2H3,(H2,9,13). The van der Waals surface area contributed by atoms with E-state index in [1.54, 1.807) is 0 Å². The van der Waals surface area contributed by atoms with Gasteiger partial charge in [0, 0.05) is 14.0 Å². The first-order valence-corrected chi connectivity index (χ1v) is 3.58. The number of nitrogen functional groups attached to an aromatic ring is 1. The van der Waals surface area contributed by atoms with Crippen molar-refractivity contribution >= 4 is 17.4 Å². The Kier molecular flexibility index (Phi) is 2.05. The molecule has 0 saturated heterocycles. The van der Waals surface area contributed by atoms with Gasteiger partial charge in [0.15, 0.2) is 11.5 Å². The minimum absolute atomic E-state index is 0.0440. The van der Waals surface area contributed by atoms with E-state index < -0.39 is 5.91 Å². The van der Waals surface area contributed by atoms with E-state index in [2.05, 4.69) is 5.10 Å². The Morgan fingerprint density at radius 1 is 1.46 bits per heavy atom. The van der Waals surface area contributed by atoms with Crippen LogP contribution in [0.4, 0.5) is 5.69 Å². The fraction of sp³-hybridized carbons (Fsp3) is 0.286. The molecule has 1 amide bonds. The summed E-state index contributed by atoms with van der Waals surface area (Å²) in [5.41, 5.74) is 10.7. The molecule has 0 atom stereocenters. The van der Waals surface area contributed by atoms with Gasteiger partial charge in [0.2, 0.25) is 0 Å². The van der Waals surface area contributed by atoms with E-state index in [9.17, 15) is 9.59 Å². The zero-order valence-electron chi connectivity index (χ0n) is 7.37. The molecule has 0 unspecified atom stereocenters. The molecule has 0 aromatic carbocycles. The SMILES string of the molecule is CC(=O)c1c(N)c(C(N)=O)nn1C. The molecule has 6 nitrogen and oxygen atoms in total. The van der Waals surface area contributed by atoms with Crippen molar-refractivity contribution in [1.82, 2.24) is 9.78 Å². The van der Waals surface area contributed by atoms with Crippen molar-refractivity contribution in [3.63, 3.8) is 0 Å². The minimum Gasteiger partial charge on any atom is -0.395 e. The van der Waals surface area contributed by atoms with Crippen molar-refractivity contribution in [2.24, 2.45) is 12.8 Å². The quantitative estimate of drug-likeness (QED) is 0.590. The lowest BCUT2D eigenvalue weighted by atomic mass is 10.2. The Labute approximate surface area is 74.5 Å². The van der Waals surface area contributed by atoms with Gasteiger partial charge in [0.25, 0.3) is 5.91 Å². The number of amides is 1. The summed E-state index contributed by atoms with van der Waals surface area (Å²) >= 11 is 0. The molecule has 13 heavy (non-hydrogen) atoms. The van der Waals surface area contributed by atoms with Gasteiger partial charge < -0.3 is 11.5 Å². The van der Waals surface area contributed by atoms with Gasteiger partial charge in [-0.05, 0) is 0 Å². The molecular weight excluding hydrogens is 172 g/mol. The second kappa shape index (κ2) is 2.89. The van der Waals surface area contributed by atoms with Crippen LogP contribution in [0.2, 0.25) is 0 Å². The molecule has 0 radical (unpaired) electrons. The summed E-state index contributed by atoms with van der Waals surface area (Å²) < 4.78 is 1.25. The average Bonchev–Trinajstić information content (AvgIpc) is 2.26. The smallest absolute Gasteiger partial charge is 0.271 e. The van der Waals surface area contributed by atoms with Gasteiger partial charge in [0.05, 0.1) is 5.69 Å². The summed E-state index contributed by atoms with van der Waals surface area (Å²) in [5, 5.41) is 3.73. The highest BCUT2D eigenvalue weighted by Gasteiger charge is 2.19. The molecule has 0 bridgehead atoms. The van der Waals surface area contributed by atoms with Crippen molar-refractivity contribution in [3.8, 4) is 0 Å². The highest BCUT2D eigenvalue weighted by Crippen LogP contribution is 2.15. The van der Waals surface area contributed by atoms with E-state index in [0.29, 0.717) is 0 Å². The molecule has 0 aliphatic carbocycles. The molecule has 1 heterocycles. The van der Waals surface area contributed by atoms with Crippen molar-refractivity contribution in [2.75, 3.05) is 5.73 Å². The third kappa shape index (κ3) is 1.37. The molecule has 1 aromatic rings. The number of aromatic nitrogens is 2. The van der Waals surface area contributed by atoms with Crippen LogP contribution in [-0.4, -0.2) is 21.5 Å². The number of hydrogen-bond donors (Lipinski definition) is 2. The number of carbonyl (C=O) groups is 2. The van der Waals surface area contributed by atoms with Crippen molar-refractivity contribution in [1.29, 1.82) is 0 Å². The van der Waals surface area contributed by atoms with E-state index >= 15 is 0 Å². The number of aryl methyl sites for hydroxylation is 1. The first kappa shape index (κ1) is 9.24. The molecule has 4 N–H and O–H groups in total. The predicted octanol–water partition coefficient (Wildman–Crippen LogP) is -0.696. The van der Waals surface area contributed by atoms with Crippen LogP contribution in [0.1, 0.15) is 27.9 Å². The minimum atomic E-state index is -0.736. The first-order chi connectivity index (χ1) is 5.95. The van der Waals surface area contributed by atoms with Crippen molar-refractivity contribution < 1.29 is 9.59 Å². The van der Waals surface area contributed by atoms with E-state index in [1.807, 2.05) is 0 Å². The van der Waals surface area contributed by atoms with Crippen LogP contribution in [0.3, 0.4) is 0 Å². The van der Waals surface area contributed by atoms with Gasteiger partial charge in [-0.1, -0.05) is 0 Å². The molecule has 0 spiro atoms. The molecule has 1 aromatic heterocycles. The van der Waals surface area contributed by atoms with Gasteiger partial charge in [-0.3, -0.25) is 14.3 Å². The lowest BCUT2D eigenvalue weighted by Crippen LogP contribution is -2.13. The summed E-state index contributed by atoms with van der Waals surface area (Å²) in [6.07, 6.45) is 0. The lowest BCUT2D eigenvalue weighted by molar-refractivity contribution is 0.0990. The third-order valence-electron chi connectivity index (χ3n) is 1.65. The van der Waals surface area contributed by atoms with Gasteiger partial charge in [-0.15, -0.1) is 0 Å². The van der Waals surface area contributed by atoms with Crippen LogP contribution in [-0.2, 0) is 7.05 Å². The van der Waals surface area contributed by atoms with Gasteiger partial charge in [-0.2, -0.15) is 5.10 Å². The molecule has 70 valence electrons. The molecule has 0 fully saturated rings. The van der Waals surface area contributed by atoms with E-state index in [1.165, 1.54) is 18.7 Å². The second-order valence-corrected chi connectivity index (χ2v) is 2.65. The Balaban J connectivity index is 3.39. The number of anilines is 1. The highest BCUT2D eigenvalue weighted by molar-refractivity contribution is 6.04. The van der Waals surface area contributed by atoms with Gasteiger partial charge >= 0.3 is 0 Å². The maximum atomic E-state index is 11.0. The Bertz CT molecular complexity index is 380. The summed E-state index contributed by atoms with van der Waals surface area (Å²) in [6, 6.07) is 0. The maximum Gasteiger partial charge on any atom is 0.271 e. The molecule has 6 heteroatoms. The van der Waals surface area contributed by atoms with Crippen LogP contribution in [0, 0.1) is 0 Å². The number of carbonyl (C=O) groups excluding carboxylic acids is 2. The van der Waals surface area contributed by atoms with Crippen LogP contribution in [0.25, 0.3) is 0 Å². The Hall–Kier alpha value is -1.85. The van der Waals surface area contributed by atoms with Gasteiger partial charge in [0.1, 0.15) is 5.69 Å². The Morgan fingerprint density at radius 3 is 2.23 bits per heavy atom. The third-order valence-corrected chi connectivity index (χ3v) is 1.65. The van der Waals surface area contributed by atoms with E-state index in [0.717, 1.165) is 0 Å². The molecule has 0 aliphatic rings. The number of Topliss-reactive ketones (excluding diaryl/α,β-unsaturated/α-hetero) is 1. The van der Waals surface area contributed by atoms with Crippen LogP contribution in [0.15, 0.2) is 0 Å². The number of rotatable bonds is 2. The number of primary amides is 1. The van der Waals surface area contributed by atoms with E-state index in [4.69, 9.17) is 11.5 Å². The Morgan fingerprint density at radius 2 is 2.00 bits per heavy atom. The number of nitrogens with two attached hydrogens (primary N) is 2. The highest BCUT2D eigenvalue weighted by atomic mass is 16.1. The second-order valence-electron chi connectivity index (χ2n) is 2.65. The molecule has 1 rings (SSSR count). The summed E-state index contributed by atoms with van der Waals surface area (Å²) in [4.78, 5) is 21.8. The van der Waals surface area contributed by atoms with Gasteiger partial charge in [-0.25, -0.2) is 0 Å². The monoisotopic (exact) mass is 182 g/mol. The fourth-order valence-corrected chi connectivity index (χ4v) is 1.14. The molecule has 0 saturated carbocycles. The zero-order chi connectivity index (χ0) is 10.2. The van der Waals surface area contributed by atoms with Crippen LogP contribution >= 0.6 is 0 Å². The van der Waals surface area contributed by atoms with E-state index in [-0.39, 0.29) is 22.9 Å². The van der Waals surface area contributed by atoms with Crippen molar-refractivity contribution in [2.45, 2.75) is 6.92 Å². The summed E-state index contributed by atoms with van der Waals surface area (Å²) in [6.45, 7) is 1.35. The number of ketones is 1. The number of hydrogen-bond acceptors (Lipinski definition) is 4. The van der Waals surface area contributed by atoms with Crippen LogP contribution in [0.5, 0.6) is 0 Å². The predicted molar refractivity (Wildman–Crippen MR) is 46.1 cm³/mol. The number of nitrogens with zero attached hydrogens (tertiary/aromatic N) is 2. The average molecular weight is 182 g/mol. The lowest BCUT2D eigenvalue weighted by Gasteiger charge is -1.95. The zero-order valence-corrected chi connectivity index (χ0v) is 7.37.